The van der Waals surface area contributed by atoms with Crippen LogP contribution in [0.5, 0.6) is 0 Å². The summed E-state index contributed by atoms with van der Waals surface area (Å²) in [5.41, 5.74) is 0. The fourth-order valence-electron chi connectivity index (χ4n) is 10.2. The number of hydrogen-bond donors (Lipinski definition) is 3. The second-order valence-electron chi connectivity index (χ2n) is 25.6. The van der Waals surface area contributed by atoms with Crippen LogP contribution in [0.3, 0.4) is 0 Å². The standard InChI is InChI=1S/C79H138O17P2/c1-5-9-13-17-21-25-29-33-36-40-43-47-51-55-59-63-76(81)89-69-74(95-78(83)65-61-57-53-49-45-39-32-28-24-20-16-12-8-4)71-93-97(85,86)91-67-73(80)68-92-98(87,88)94-72-75(96-79(84)66-62-58-54-50-46-42-38-35-31-27-23-19-15-11-7-3)70-90-77(82)64-60-56-52-48-44-41-37-34-30-26-22-18-14-10-6-2/h9,13,21,25,28,32-38,43,47,55,59,73-75,80H,5-8,10-12,14-20,22-24,26-27,29-31,39-42,44-46,48-54,56-58,60-72H2,1-4H3,(H,85,86)(H,87,88)/b13-9-,25-21-,32-28-,36-33-,37-34-,38-35-,47-43-,59-55-. The highest BCUT2D eigenvalue weighted by atomic mass is 31.2. The fourth-order valence-corrected chi connectivity index (χ4v) is 11.7. The third-order valence-corrected chi connectivity index (χ3v) is 17.9. The first-order valence-corrected chi connectivity index (χ1v) is 41.5. The lowest BCUT2D eigenvalue weighted by atomic mass is 10.1. The number of rotatable bonds is 72. The summed E-state index contributed by atoms with van der Waals surface area (Å²) in [5, 5.41) is 10.6. The second kappa shape index (κ2) is 71.4. The average molecular weight is 1420 g/mol. The van der Waals surface area contributed by atoms with Gasteiger partial charge >= 0.3 is 39.5 Å². The van der Waals surface area contributed by atoms with Crippen LogP contribution in [0.25, 0.3) is 0 Å². The van der Waals surface area contributed by atoms with Gasteiger partial charge in [-0.1, -0.05) is 266 Å². The van der Waals surface area contributed by atoms with Crippen molar-refractivity contribution in [2.24, 2.45) is 0 Å². The van der Waals surface area contributed by atoms with Crippen molar-refractivity contribution in [1.82, 2.24) is 0 Å². The first-order chi connectivity index (χ1) is 47.7. The lowest BCUT2D eigenvalue weighted by Crippen LogP contribution is -2.30. The molecule has 5 unspecified atom stereocenters. The molecule has 0 aromatic rings. The Morgan fingerprint density at radius 1 is 0.306 bits per heavy atom. The van der Waals surface area contributed by atoms with Crippen molar-refractivity contribution in [3.8, 4) is 0 Å². The van der Waals surface area contributed by atoms with E-state index in [4.69, 9.17) is 37.0 Å². The van der Waals surface area contributed by atoms with E-state index in [1.165, 1.54) is 103 Å². The number of carbonyl (C=O) groups is 4. The van der Waals surface area contributed by atoms with Crippen molar-refractivity contribution in [1.29, 1.82) is 0 Å². The van der Waals surface area contributed by atoms with Gasteiger partial charge in [0.05, 0.1) is 32.8 Å². The molecule has 17 nitrogen and oxygen atoms in total. The number of phosphoric acid groups is 2. The Bertz CT molecular complexity index is 2240. The van der Waals surface area contributed by atoms with Crippen molar-refractivity contribution in [3.63, 3.8) is 0 Å². The number of phosphoric ester groups is 2. The molecule has 0 radical (unpaired) electrons. The highest BCUT2D eigenvalue weighted by Crippen LogP contribution is 2.45. The van der Waals surface area contributed by atoms with Crippen molar-refractivity contribution in [2.45, 2.75) is 341 Å². The molecule has 0 amide bonds. The molecular weight excluding hydrogens is 1280 g/mol. The van der Waals surface area contributed by atoms with Crippen LogP contribution in [-0.4, -0.2) is 96.7 Å². The largest absolute Gasteiger partial charge is 0.472 e. The number of aliphatic hydroxyl groups is 1. The summed E-state index contributed by atoms with van der Waals surface area (Å²) in [7, 11) is -9.97. The molecule has 0 aromatic heterocycles. The summed E-state index contributed by atoms with van der Waals surface area (Å²) in [6.45, 7) is 4.61. The molecular formula is C79H138O17P2. The van der Waals surface area contributed by atoms with Crippen LogP contribution in [0, 0.1) is 0 Å². The van der Waals surface area contributed by atoms with E-state index in [1.807, 2.05) is 18.2 Å². The number of unbranched alkanes of at least 4 members (excludes halogenated alkanes) is 31. The van der Waals surface area contributed by atoms with Gasteiger partial charge in [0.15, 0.2) is 12.2 Å². The molecule has 19 heteroatoms. The zero-order valence-electron chi connectivity index (χ0n) is 61.7. The number of hydrogen-bond acceptors (Lipinski definition) is 15. The number of aliphatic hydroxyl groups excluding tert-OH is 1. The molecule has 566 valence electrons. The SMILES string of the molecule is CC/C=C\C/C=C\C/C=C\C/C=C\C/C=C\CC(=O)OCC(COP(=O)(O)OCC(O)COP(=O)(O)OCC(COC(=O)CCCCCCC/C=C\CCCCCCCC)OC(=O)CCCCCCC/C=C\CCCCCCCC)OC(=O)CCCCCCC/C=C\CCCCCC. The van der Waals surface area contributed by atoms with Gasteiger partial charge in [0.2, 0.25) is 0 Å². The van der Waals surface area contributed by atoms with Gasteiger partial charge in [-0.15, -0.1) is 0 Å². The van der Waals surface area contributed by atoms with Gasteiger partial charge in [-0.3, -0.25) is 37.3 Å². The molecule has 0 rings (SSSR count). The maximum Gasteiger partial charge on any atom is 0.472 e. The topological polar surface area (TPSA) is 237 Å². The first-order valence-electron chi connectivity index (χ1n) is 38.5. The van der Waals surface area contributed by atoms with Crippen LogP contribution >= 0.6 is 15.6 Å². The van der Waals surface area contributed by atoms with Crippen LogP contribution in [0.4, 0.5) is 0 Å². The van der Waals surface area contributed by atoms with Gasteiger partial charge in [-0.25, -0.2) is 9.13 Å². The van der Waals surface area contributed by atoms with E-state index in [0.717, 1.165) is 141 Å². The molecule has 0 spiro atoms. The minimum Gasteiger partial charge on any atom is -0.462 e. The van der Waals surface area contributed by atoms with Crippen LogP contribution in [-0.2, 0) is 65.4 Å². The number of allylic oxidation sites excluding steroid dienone is 15. The van der Waals surface area contributed by atoms with E-state index >= 15 is 0 Å². The van der Waals surface area contributed by atoms with Gasteiger partial charge in [-0.05, 0) is 128 Å². The van der Waals surface area contributed by atoms with Gasteiger partial charge in [0.25, 0.3) is 0 Å². The smallest absolute Gasteiger partial charge is 0.462 e. The monoisotopic (exact) mass is 1420 g/mol. The molecule has 0 aliphatic carbocycles. The molecule has 0 saturated carbocycles. The van der Waals surface area contributed by atoms with Gasteiger partial charge in [0.1, 0.15) is 19.3 Å². The van der Waals surface area contributed by atoms with E-state index in [2.05, 4.69) is 101 Å². The van der Waals surface area contributed by atoms with E-state index in [9.17, 15) is 43.2 Å². The number of esters is 4. The summed E-state index contributed by atoms with van der Waals surface area (Å²) < 4.78 is 68.3. The van der Waals surface area contributed by atoms with Crippen molar-refractivity contribution < 1.29 is 80.2 Å². The minimum atomic E-state index is -4.99. The van der Waals surface area contributed by atoms with E-state index in [0.29, 0.717) is 25.7 Å². The Morgan fingerprint density at radius 2 is 0.571 bits per heavy atom. The van der Waals surface area contributed by atoms with Crippen LogP contribution in [0.2, 0.25) is 0 Å². The van der Waals surface area contributed by atoms with Crippen LogP contribution < -0.4 is 0 Å². The molecule has 0 fully saturated rings. The molecule has 0 aliphatic heterocycles. The number of carbonyl (C=O) groups excluding carboxylic acids is 4. The van der Waals surface area contributed by atoms with Crippen molar-refractivity contribution in [3.05, 3.63) is 97.2 Å². The Labute approximate surface area is 595 Å². The Balaban J connectivity index is 5.41. The summed E-state index contributed by atoms with van der Waals surface area (Å²) in [6.07, 6.45) is 74.3. The Morgan fingerprint density at radius 3 is 0.908 bits per heavy atom. The highest BCUT2D eigenvalue weighted by Gasteiger charge is 2.30. The number of ether oxygens (including phenoxy) is 4. The minimum absolute atomic E-state index is 0.0652. The zero-order chi connectivity index (χ0) is 71.8. The predicted octanol–water partition coefficient (Wildman–Crippen LogP) is 22.0. The highest BCUT2D eigenvalue weighted by molar-refractivity contribution is 7.47. The van der Waals surface area contributed by atoms with Gasteiger partial charge in [-0.2, -0.15) is 0 Å². The Kier molecular flexibility index (Phi) is 68.4. The molecule has 0 saturated heterocycles. The fraction of sp³-hybridized carbons (Fsp3) is 0.747. The Hall–Kier alpha value is -4.02. The molecule has 3 N–H and O–H groups in total. The van der Waals surface area contributed by atoms with E-state index in [1.54, 1.807) is 6.08 Å². The summed E-state index contributed by atoms with van der Waals surface area (Å²) >= 11 is 0. The second-order valence-corrected chi connectivity index (χ2v) is 28.5. The lowest BCUT2D eigenvalue weighted by molar-refractivity contribution is -0.161. The zero-order valence-corrected chi connectivity index (χ0v) is 63.5. The molecule has 98 heavy (non-hydrogen) atoms. The van der Waals surface area contributed by atoms with E-state index < -0.39 is 97.5 Å². The average Bonchev–Trinajstić information content (AvgIpc) is 0.959. The maximum absolute atomic E-state index is 13.1. The predicted molar refractivity (Wildman–Crippen MR) is 399 cm³/mol. The van der Waals surface area contributed by atoms with Gasteiger partial charge < -0.3 is 33.8 Å². The molecule has 0 aromatic carbocycles. The normalized spacial score (nSPS) is 14.5. The molecule has 5 atom stereocenters. The molecule has 0 bridgehead atoms. The first kappa shape index (κ1) is 94.0. The maximum atomic E-state index is 13.1. The summed E-state index contributed by atoms with van der Waals surface area (Å²) in [4.78, 5) is 72.8. The third kappa shape index (κ3) is 70.4. The summed E-state index contributed by atoms with van der Waals surface area (Å²) in [5.74, 6) is -2.34. The summed E-state index contributed by atoms with van der Waals surface area (Å²) in [6, 6.07) is 0. The van der Waals surface area contributed by atoms with E-state index in [-0.39, 0.29) is 25.7 Å². The van der Waals surface area contributed by atoms with Crippen molar-refractivity contribution in [2.75, 3.05) is 39.6 Å². The third-order valence-electron chi connectivity index (χ3n) is 16.0. The van der Waals surface area contributed by atoms with Gasteiger partial charge in [0, 0.05) is 19.3 Å². The van der Waals surface area contributed by atoms with Crippen molar-refractivity contribution >= 4 is 39.5 Å². The quantitative estimate of drug-likeness (QED) is 0.0169. The lowest BCUT2D eigenvalue weighted by Gasteiger charge is -2.21. The van der Waals surface area contributed by atoms with Crippen LogP contribution in [0.15, 0.2) is 97.2 Å². The van der Waals surface area contributed by atoms with Crippen LogP contribution in [0.1, 0.15) is 323 Å². The molecule has 0 heterocycles. The molecule has 0 aliphatic rings.